The molecular weight excluding hydrogens is 324 g/mol. The molecule has 0 spiro atoms. The summed E-state index contributed by atoms with van der Waals surface area (Å²) in [5, 5.41) is 12.1. The highest BCUT2D eigenvalue weighted by Gasteiger charge is 2.24. The monoisotopic (exact) mass is 348 g/mol. The van der Waals surface area contributed by atoms with Crippen LogP contribution in [0.1, 0.15) is 25.3 Å². The summed E-state index contributed by atoms with van der Waals surface area (Å²) in [6.45, 7) is 5.07. The molecule has 2 atom stereocenters. The number of anilines is 1. The van der Waals surface area contributed by atoms with Gasteiger partial charge in [0, 0.05) is 18.8 Å². The Balaban J connectivity index is 1.91. The number of likely N-dealkylation sites (tertiary alicyclic amines) is 1. The fraction of sp³-hybridized carbons (Fsp3) is 0.556. The minimum absolute atomic E-state index is 0.0672. The lowest BCUT2D eigenvalue weighted by molar-refractivity contribution is -0.120. The number of rotatable bonds is 5. The quantitative estimate of drug-likeness (QED) is 0.888. The number of carbonyl (C=O) groups is 1. The molecule has 0 aliphatic carbocycles. The van der Waals surface area contributed by atoms with Crippen LogP contribution in [0, 0.1) is 17.2 Å². The Bertz CT molecular complexity index is 628. The van der Waals surface area contributed by atoms with Crippen LogP contribution >= 0.6 is 11.6 Å². The van der Waals surface area contributed by atoms with Gasteiger partial charge in [0.05, 0.1) is 16.6 Å². The Morgan fingerprint density at radius 3 is 2.96 bits per heavy atom. The van der Waals surface area contributed by atoms with E-state index in [2.05, 4.69) is 22.2 Å². The van der Waals surface area contributed by atoms with Crippen LogP contribution in [0.2, 0.25) is 5.02 Å². The number of benzene rings is 1. The summed E-state index contributed by atoms with van der Waals surface area (Å²) < 4.78 is 0. The van der Waals surface area contributed by atoms with Crippen molar-refractivity contribution in [2.45, 2.75) is 25.8 Å². The van der Waals surface area contributed by atoms with Gasteiger partial charge in [-0.1, -0.05) is 11.6 Å². The number of amides is 1. The number of carbonyl (C=O) groups excluding carboxylic acids is 1. The zero-order chi connectivity index (χ0) is 17.7. The Labute approximate surface area is 149 Å². The smallest absolute Gasteiger partial charge is 0.241 e. The third-order valence-corrected chi connectivity index (χ3v) is 4.98. The van der Waals surface area contributed by atoms with Crippen molar-refractivity contribution in [3.05, 3.63) is 28.8 Å². The number of likely N-dealkylation sites (N-methyl/N-ethyl adjacent to an activating group) is 1. The predicted octanol–water partition coefficient (Wildman–Crippen LogP) is 2.81. The largest absolute Gasteiger partial charge is 0.325 e. The van der Waals surface area contributed by atoms with Crippen molar-refractivity contribution in [1.82, 2.24) is 9.80 Å². The van der Waals surface area contributed by atoms with Crippen molar-refractivity contribution in [3.8, 4) is 6.07 Å². The fourth-order valence-corrected chi connectivity index (χ4v) is 3.34. The van der Waals surface area contributed by atoms with E-state index in [9.17, 15) is 4.79 Å². The first-order valence-electron chi connectivity index (χ1n) is 8.30. The molecule has 0 saturated carbocycles. The average Bonchev–Trinajstić information content (AvgIpc) is 2.54. The summed E-state index contributed by atoms with van der Waals surface area (Å²) in [4.78, 5) is 16.9. The van der Waals surface area contributed by atoms with E-state index in [1.54, 1.807) is 18.2 Å². The van der Waals surface area contributed by atoms with Gasteiger partial charge in [0.15, 0.2) is 0 Å². The molecule has 1 aromatic rings. The molecule has 1 heterocycles. The molecule has 1 aliphatic rings. The second-order valence-electron chi connectivity index (χ2n) is 6.68. The van der Waals surface area contributed by atoms with E-state index in [-0.39, 0.29) is 11.9 Å². The fourth-order valence-electron chi connectivity index (χ4n) is 3.12. The molecule has 5 nitrogen and oxygen atoms in total. The molecule has 0 bridgehead atoms. The van der Waals surface area contributed by atoms with Gasteiger partial charge in [-0.2, -0.15) is 5.26 Å². The third-order valence-electron chi connectivity index (χ3n) is 4.67. The number of piperidine rings is 1. The van der Waals surface area contributed by atoms with Crippen LogP contribution in [0.5, 0.6) is 0 Å². The van der Waals surface area contributed by atoms with Gasteiger partial charge < -0.3 is 10.2 Å². The lowest BCUT2D eigenvalue weighted by Crippen LogP contribution is -2.45. The second-order valence-corrected chi connectivity index (χ2v) is 7.09. The van der Waals surface area contributed by atoms with Gasteiger partial charge >= 0.3 is 0 Å². The van der Waals surface area contributed by atoms with Crippen LogP contribution in [0.15, 0.2) is 18.2 Å². The zero-order valence-corrected chi connectivity index (χ0v) is 15.3. The molecule has 1 N–H and O–H groups in total. The highest BCUT2D eigenvalue weighted by molar-refractivity contribution is 6.32. The van der Waals surface area contributed by atoms with Crippen LogP contribution in [0.3, 0.4) is 0 Å². The topological polar surface area (TPSA) is 59.4 Å². The number of nitrogens with one attached hydrogen (secondary N) is 1. The summed E-state index contributed by atoms with van der Waals surface area (Å²) >= 11 is 6.01. The summed E-state index contributed by atoms with van der Waals surface area (Å²) in [6.07, 6.45) is 2.44. The van der Waals surface area contributed by atoms with E-state index in [4.69, 9.17) is 16.9 Å². The Morgan fingerprint density at radius 1 is 1.58 bits per heavy atom. The van der Waals surface area contributed by atoms with Crippen LogP contribution in [0.4, 0.5) is 5.69 Å². The number of hydrogen-bond donors (Lipinski definition) is 1. The maximum Gasteiger partial charge on any atom is 0.241 e. The Kier molecular flexibility index (Phi) is 6.61. The lowest BCUT2D eigenvalue weighted by atomic mass is 9.97. The van der Waals surface area contributed by atoms with Crippen molar-refractivity contribution < 1.29 is 4.79 Å². The van der Waals surface area contributed by atoms with Gasteiger partial charge in [0.25, 0.3) is 0 Å². The molecule has 6 heteroatoms. The predicted molar refractivity (Wildman–Crippen MR) is 97.1 cm³/mol. The van der Waals surface area contributed by atoms with E-state index in [1.165, 1.54) is 12.8 Å². The Morgan fingerprint density at radius 2 is 2.33 bits per heavy atom. The molecule has 2 rings (SSSR count). The first kappa shape index (κ1) is 18.7. The van der Waals surface area contributed by atoms with E-state index in [0.29, 0.717) is 22.2 Å². The molecule has 1 aromatic carbocycles. The van der Waals surface area contributed by atoms with Gasteiger partial charge in [-0.3, -0.25) is 9.69 Å². The lowest BCUT2D eigenvalue weighted by Gasteiger charge is -2.34. The third kappa shape index (κ3) is 4.94. The minimum Gasteiger partial charge on any atom is -0.325 e. The van der Waals surface area contributed by atoms with Gasteiger partial charge in [-0.25, -0.2) is 0 Å². The molecule has 2 unspecified atom stereocenters. The first-order chi connectivity index (χ1) is 11.4. The van der Waals surface area contributed by atoms with Crippen molar-refractivity contribution in [2.75, 3.05) is 39.0 Å². The molecule has 1 aliphatic heterocycles. The number of nitrogens with zero attached hydrogens (tertiary/aromatic N) is 3. The number of hydrogen-bond acceptors (Lipinski definition) is 4. The van der Waals surface area contributed by atoms with Gasteiger partial charge in [-0.05, 0) is 64.5 Å². The number of nitriles is 1. The average molecular weight is 349 g/mol. The van der Waals surface area contributed by atoms with Crippen molar-refractivity contribution in [2.24, 2.45) is 5.92 Å². The standard InChI is InChI=1S/C18H25ClN4O/c1-13(23(3)12-14-5-4-8-22(2)11-14)18(24)21-16-7-6-15(10-20)17(19)9-16/h6-7,9,13-14H,4-5,8,11-12H2,1-3H3,(H,21,24). The minimum atomic E-state index is -0.230. The summed E-state index contributed by atoms with van der Waals surface area (Å²) in [6, 6.07) is 6.71. The number of halogens is 1. The maximum absolute atomic E-state index is 12.5. The Hall–Kier alpha value is -1.61. The molecule has 24 heavy (non-hydrogen) atoms. The van der Waals surface area contributed by atoms with Gasteiger partial charge in [0.2, 0.25) is 5.91 Å². The molecule has 0 radical (unpaired) electrons. The van der Waals surface area contributed by atoms with Crippen molar-refractivity contribution >= 4 is 23.2 Å². The zero-order valence-electron chi connectivity index (χ0n) is 14.6. The molecule has 1 fully saturated rings. The van der Waals surface area contributed by atoms with E-state index >= 15 is 0 Å². The van der Waals surface area contributed by atoms with Crippen molar-refractivity contribution in [1.29, 1.82) is 5.26 Å². The SMILES string of the molecule is CC(C(=O)Nc1ccc(C#N)c(Cl)c1)N(C)CC1CCCN(C)C1. The molecule has 130 valence electrons. The second kappa shape index (κ2) is 8.48. The molecular formula is C18H25ClN4O. The highest BCUT2D eigenvalue weighted by atomic mass is 35.5. The van der Waals surface area contributed by atoms with E-state index < -0.39 is 0 Å². The summed E-state index contributed by atoms with van der Waals surface area (Å²) in [7, 11) is 4.14. The molecule has 1 saturated heterocycles. The van der Waals surface area contributed by atoms with Gasteiger partial charge in [0.1, 0.15) is 6.07 Å². The summed E-state index contributed by atoms with van der Waals surface area (Å²) in [5.74, 6) is 0.538. The van der Waals surface area contributed by atoms with Crippen LogP contribution in [-0.2, 0) is 4.79 Å². The first-order valence-corrected chi connectivity index (χ1v) is 8.67. The van der Waals surface area contributed by atoms with Crippen molar-refractivity contribution in [3.63, 3.8) is 0 Å². The van der Waals surface area contributed by atoms with Crippen LogP contribution < -0.4 is 5.32 Å². The van der Waals surface area contributed by atoms with Crippen LogP contribution in [0.25, 0.3) is 0 Å². The molecule has 0 aromatic heterocycles. The highest BCUT2D eigenvalue weighted by Crippen LogP contribution is 2.21. The van der Waals surface area contributed by atoms with Crippen LogP contribution in [-0.4, -0.2) is 55.5 Å². The summed E-state index contributed by atoms with van der Waals surface area (Å²) in [5.41, 5.74) is 1.02. The maximum atomic E-state index is 12.5. The normalized spacial score (nSPS) is 19.8. The molecule has 1 amide bonds. The van der Waals surface area contributed by atoms with Gasteiger partial charge in [-0.15, -0.1) is 0 Å². The van der Waals surface area contributed by atoms with E-state index in [1.807, 2.05) is 20.0 Å². The van der Waals surface area contributed by atoms with E-state index in [0.717, 1.165) is 19.6 Å².